The van der Waals surface area contributed by atoms with Crippen molar-refractivity contribution in [1.29, 1.82) is 0 Å². The van der Waals surface area contributed by atoms with E-state index < -0.39 is 0 Å². The van der Waals surface area contributed by atoms with Crippen LogP contribution in [0, 0.1) is 6.92 Å². The van der Waals surface area contributed by atoms with Crippen molar-refractivity contribution in [3.63, 3.8) is 0 Å². The highest BCUT2D eigenvalue weighted by molar-refractivity contribution is 5.93. The first-order chi connectivity index (χ1) is 13.7. The minimum Gasteiger partial charge on any atom is -0.355 e. The normalized spacial score (nSPS) is 14.0. The predicted molar refractivity (Wildman–Crippen MR) is 111 cm³/mol. The number of amides is 1. The summed E-state index contributed by atoms with van der Waals surface area (Å²) in [5.41, 5.74) is 3.51. The maximum absolute atomic E-state index is 12.9. The van der Waals surface area contributed by atoms with Gasteiger partial charge in [-0.15, -0.1) is 0 Å². The molecule has 6 heteroatoms. The highest BCUT2D eigenvalue weighted by Crippen LogP contribution is 2.19. The molecular weight excluding hydrogens is 350 g/mol. The number of anilines is 3. The van der Waals surface area contributed by atoms with Crippen molar-refractivity contribution in [3.05, 3.63) is 78.2 Å². The lowest BCUT2D eigenvalue weighted by Gasteiger charge is -2.35. The van der Waals surface area contributed by atoms with Gasteiger partial charge < -0.3 is 15.1 Å². The van der Waals surface area contributed by atoms with Crippen molar-refractivity contribution >= 4 is 23.1 Å². The molecule has 0 radical (unpaired) electrons. The fraction of sp³-hybridized carbons (Fsp3) is 0.227. The number of aromatic nitrogens is 2. The number of nitrogens with one attached hydrogen (secondary N) is 1. The highest BCUT2D eigenvalue weighted by atomic mass is 16.2. The maximum atomic E-state index is 12.9. The summed E-state index contributed by atoms with van der Waals surface area (Å²) in [5.74, 6) is 0.922. The topological polar surface area (TPSA) is 61.4 Å². The molecular formula is C22H23N5O. The van der Waals surface area contributed by atoms with Crippen molar-refractivity contribution in [1.82, 2.24) is 14.9 Å². The Balaban J connectivity index is 1.40. The SMILES string of the molecule is Cc1ccc(Nc2ccnc(C(=O)N3CCN(c4ccccn4)CC3)c2)cc1. The number of piperazine rings is 1. The van der Waals surface area contributed by atoms with Crippen LogP contribution in [-0.4, -0.2) is 47.0 Å². The van der Waals surface area contributed by atoms with Crippen LogP contribution in [-0.2, 0) is 0 Å². The standard InChI is InChI=1S/C22H23N5O/c1-17-5-7-18(8-6-17)25-19-9-11-23-20(16-19)22(28)27-14-12-26(13-15-27)21-4-2-3-10-24-21/h2-11,16H,12-15H2,1H3,(H,23,25). The molecule has 2 aromatic heterocycles. The molecule has 1 fully saturated rings. The summed E-state index contributed by atoms with van der Waals surface area (Å²) >= 11 is 0. The van der Waals surface area contributed by atoms with Gasteiger partial charge in [0.25, 0.3) is 5.91 Å². The Labute approximate surface area is 164 Å². The molecule has 6 nitrogen and oxygen atoms in total. The number of hydrogen-bond donors (Lipinski definition) is 1. The van der Waals surface area contributed by atoms with Gasteiger partial charge in [0.1, 0.15) is 11.5 Å². The summed E-state index contributed by atoms with van der Waals surface area (Å²) in [6, 6.07) is 17.7. The Morgan fingerprint density at radius 1 is 0.893 bits per heavy atom. The monoisotopic (exact) mass is 373 g/mol. The molecule has 1 saturated heterocycles. The summed E-state index contributed by atoms with van der Waals surface area (Å²) in [5, 5.41) is 3.33. The molecule has 3 aromatic rings. The van der Waals surface area contributed by atoms with E-state index in [2.05, 4.69) is 39.2 Å². The number of aryl methyl sites for hydroxylation is 1. The fourth-order valence-corrected chi connectivity index (χ4v) is 3.27. The van der Waals surface area contributed by atoms with E-state index in [9.17, 15) is 4.79 Å². The quantitative estimate of drug-likeness (QED) is 0.759. The number of carbonyl (C=O) groups is 1. The van der Waals surface area contributed by atoms with E-state index >= 15 is 0 Å². The van der Waals surface area contributed by atoms with E-state index in [-0.39, 0.29) is 5.91 Å². The van der Waals surface area contributed by atoms with Gasteiger partial charge in [0.15, 0.2) is 0 Å². The van der Waals surface area contributed by atoms with Gasteiger partial charge in [-0.25, -0.2) is 4.98 Å². The van der Waals surface area contributed by atoms with Crippen LogP contribution >= 0.6 is 0 Å². The molecule has 1 amide bonds. The first-order valence-electron chi connectivity index (χ1n) is 9.44. The molecule has 0 atom stereocenters. The largest absolute Gasteiger partial charge is 0.355 e. The summed E-state index contributed by atoms with van der Waals surface area (Å²) in [4.78, 5) is 25.6. The van der Waals surface area contributed by atoms with Crippen LogP contribution < -0.4 is 10.2 Å². The molecule has 1 aromatic carbocycles. The van der Waals surface area contributed by atoms with Gasteiger partial charge in [0.2, 0.25) is 0 Å². The molecule has 4 rings (SSSR count). The van der Waals surface area contributed by atoms with Crippen LogP contribution in [0.5, 0.6) is 0 Å². The van der Waals surface area contributed by atoms with Crippen molar-refractivity contribution in [2.75, 3.05) is 36.4 Å². The zero-order valence-corrected chi connectivity index (χ0v) is 15.9. The lowest BCUT2D eigenvalue weighted by molar-refractivity contribution is 0.0740. The van der Waals surface area contributed by atoms with E-state index in [1.807, 2.05) is 47.4 Å². The Morgan fingerprint density at radius 2 is 1.68 bits per heavy atom. The van der Waals surface area contributed by atoms with Crippen molar-refractivity contribution in [3.8, 4) is 0 Å². The molecule has 28 heavy (non-hydrogen) atoms. The zero-order valence-electron chi connectivity index (χ0n) is 15.9. The minimum atomic E-state index is -0.0340. The van der Waals surface area contributed by atoms with Gasteiger partial charge in [-0.05, 0) is 43.3 Å². The number of rotatable bonds is 4. The second kappa shape index (κ2) is 8.08. The third-order valence-electron chi connectivity index (χ3n) is 4.86. The van der Waals surface area contributed by atoms with E-state index in [0.29, 0.717) is 18.8 Å². The summed E-state index contributed by atoms with van der Waals surface area (Å²) in [7, 11) is 0. The maximum Gasteiger partial charge on any atom is 0.272 e. The van der Waals surface area contributed by atoms with Crippen LogP contribution in [0.3, 0.4) is 0 Å². The van der Waals surface area contributed by atoms with Gasteiger partial charge in [-0.3, -0.25) is 9.78 Å². The smallest absolute Gasteiger partial charge is 0.272 e. The number of nitrogens with zero attached hydrogens (tertiary/aromatic N) is 4. The summed E-state index contributed by atoms with van der Waals surface area (Å²) in [6.45, 7) is 4.91. The van der Waals surface area contributed by atoms with Gasteiger partial charge in [-0.1, -0.05) is 23.8 Å². The molecule has 1 aliphatic heterocycles. The van der Waals surface area contributed by atoms with Gasteiger partial charge in [0.05, 0.1) is 0 Å². The number of carbonyl (C=O) groups excluding carboxylic acids is 1. The van der Waals surface area contributed by atoms with E-state index in [1.54, 1.807) is 12.4 Å². The molecule has 142 valence electrons. The molecule has 1 N–H and O–H groups in total. The Hall–Kier alpha value is -3.41. The number of hydrogen-bond acceptors (Lipinski definition) is 5. The second-order valence-corrected chi connectivity index (χ2v) is 6.89. The third-order valence-corrected chi connectivity index (χ3v) is 4.86. The van der Waals surface area contributed by atoms with Crippen LogP contribution in [0.2, 0.25) is 0 Å². The first-order valence-corrected chi connectivity index (χ1v) is 9.44. The van der Waals surface area contributed by atoms with Crippen LogP contribution in [0.1, 0.15) is 16.1 Å². The lowest BCUT2D eigenvalue weighted by Crippen LogP contribution is -2.49. The van der Waals surface area contributed by atoms with Crippen LogP contribution in [0.4, 0.5) is 17.2 Å². The van der Waals surface area contributed by atoms with Crippen LogP contribution in [0.25, 0.3) is 0 Å². The predicted octanol–water partition coefficient (Wildman–Crippen LogP) is 3.49. The molecule has 0 bridgehead atoms. The van der Waals surface area contributed by atoms with Crippen molar-refractivity contribution in [2.24, 2.45) is 0 Å². The molecule has 0 saturated carbocycles. The molecule has 0 aliphatic carbocycles. The van der Waals surface area contributed by atoms with Gasteiger partial charge >= 0.3 is 0 Å². The zero-order chi connectivity index (χ0) is 19.3. The molecule has 0 unspecified atom stereocenters. The van der Waals surface area contributed by atoms with Crippen molar-refractivity contribution in [2.45, 2.75) is 6.92 Å². The van der Waals surface area contributed by atoms with Gasteiger partial charge in [0, 0.05) is 49.9 Å². The minimum absolute atomic E-state index is 0.0340. The molecule has 1 aliphatic rings. The molecule has 0 spiro atoms. The Bertz CT molecular complexity index is 935. The van der Waals surface area contributed by atoms with E-state index in [4.69, 9.17) is 0 Å². The lowest BCUT2D eigenvalue weighted by atomic mass is 10.2. The number of pyridine rings is 2. The first kappa shape index (κ1) is 18.0. The van der Waals surface area contributed by atoms with Gasteiger partial charge in [-0.2, -0.15) is 0 Å². The fourth-order valence-electron chi connectivity index (χ4n) is 3.27. The number of benzene rings is 1. The van der Waals surface area contributed by atoms with E-state index in [0.717, 1.165) is 30.3 Å². The van der Waals surface area contributed by atoms with Crippen LogP contribution in [0.15, 0.2) is 67.0 Å². The highest BCUT2D eigenvalue weighted by Gasteiger charge is 2.23. The second-order valence-electron chi connectivity index (χ2n) is 6.89. The average Bonchev–Trinajstić information content (AvgIpc) is 2.76. The average molecular weight is 373 g/mol. The Kier molecular flexibility index (Phi) is 5.19. The third kappa shape index (κ3) is 4.11. The van der Waals surface area contributed by atoms with E-state index in [1.165, 1.54) is 5.56 Å². The summed E-state index contributed by atoms with van der Waals surface area (Å²) < 4.78 is 0. The Morgan fingerprint density at radius 3 is 2.39 bits per heavy atom. The summed E-state index contributed by atoms with van der Waals surface area (Å²) in [6.07, 6.45) is 3.47. The van der Waals surface area contributed by atoms with Crippen molar-refractivity contribution < 1.29 is 4.79 Å². The molecule has 3 heterocycles.